The lowest BCUT2D eigenvalue weighted by Gasteiger charge is -2.12. The number of anilines is 2. The summed E-state index contributed by atoms with van der Waals surface area (Å²) in [5.41, 5.74) is 1.64. The number of carbonyl (C=O) groups is 2. The topological polar surface area (TPSA) is 102 Å². The van der Waals surface area contributed by atoms with Gasteiger partial charge in [-0.15, -0.1) is 0 Å². The molecule has 10 heteroatoms. The van der Waals surface area contributed by atoms with Gasteiger partial charge in [-0.3, -0.25) is 9.78 Å². The van der Waals surface area contributed by atoms with Gasteiger partial charge in [0.05, 0.1) is 16.3 Å². The summed E-state index contributed by atoms with van der Waals surface area (Å²) < 4.78 is 25.2. The first-order chi connectivity index (χ1) is 17.9. The van der Waals surface area contributed by atoms with Gasteiger partial charge in [-0.05, 0) is 72.8 Å². The van der Waals surface area contributed by atoms with Crippen molar-refractivity contribution in [1.29, 1.82) is 0 Å². The van der Waals surface area contributed by atoms with Gasteiger partial charge in [0.25, 0.3) is 5.91 Å². The number of hydrogen-bond acceptors (Lipinski definition) is 5. The summed E-state index contributed by atoms with van der Waals surface area (Å²) in [4.78, 5) is 28.4. The monoisotopic (exact) mass is 520 g/mol. The fourth-order valence-electron chi connectivity index (χ4n) is 3.24. The molecule has 3 aromatic carbocycles. The molecule has 3 amide bonds. The average Bonchev–Trinajstić information content (AvgIpc) is 2.90. The van der Waals surface area contributed by atoms with Crippen LogP contribution < -0.4 is 25.4 Å². The van der Waals surface area contributed by atoms with Crippen LogP contribution in [0.4, 0.5) is 20.6 Å². The Labute approximate surface area is 217 Å². The van der Waals surface area contributed by atoms with Crippen molar-refractivity contribution in [2.24, 2.45) is 0 Å². The summed E-state index contributed by atoms with van der Waals surface area (Å²) in [7, 11) is 1.42. The van der Waals surface area contributed by atoms with Crippen LogP contribution in [0.3, 0.4) is 0 Å². The number of ether oxygens (including phenoxy) is 2. The number of urea groups is 1. The van der Waals surface area contributed by atoms with E-state index in [1.807, 2.05) is 18.2 Å². The Morgan fingerprint density at radius 3 is 2.35 bits per heavy atom. The molecule has 37 heavy (non-hydrogen) atoms. The van der Waals surface area contributed by atoms with E-state index < -0.39 is 17.8 Å². The number of amides is 3. The van der Waals surface area contributed by atoms with Crippen LogP contribution in [-0.4, -0.2) is 24.0 Å². The average molecular weight is 521 g/mol. The summed E-state index contributed by atoms with van der Waals surface area (Å²) in [6.07, 6.45) is 1.68. The maximum Gasteiger partial charge on any atom is 0.323 e. The zero-order valence-electron chi connectivity index (χ0n) is 19.6. The van der Waals surface area contributed by atoms with Crippen LogP contribution in [0.5, 0.6) is 17.2 Å². The zero-order chi connectivity index (χ0) is 26.2. The predicted molar refractivity (Wildman–Crippen MR) is 139 cm³/mol. The van der Waals surface area contributed by atoms with E-state index in [9.17, 15) is 14.0 Å². The predicted octanol–water partition coefficient (Wildman–Crippen LogP) is 6.25. The van der Waals surface area contributed by atoms with Crippen molar-refractivity contribution in [2.45, 2.75) is 6.61 Å². The molecule has 0 saturated carbocycles. The summed E-state index contributed by atoms with van der Waals surface area (Å²) in [5, 5.41) is 8.14. The van der Waals surface area contributed by atoms with Gasteiger partial charge in [0.1, 0.15) is 29.7 Å². The number of nitrogens with one attached hydrogen (secondary N) is 3. The number of rotatable bonds is 8. The van der Waals surface area contributed by atoms with Gasteiger partial charge in [-0.2, -0.15) is 0 Å². The first-order valence-corrected chi connectivity index (χ1v) is 11.5. The summed E-state index contributed by atoms with van der Waals surface area (Å²) in [6, 6.07) is 20.4. The van der Waals surface area contributed by atoms with Crippen LogP contribution in [0.2, 0.25) is 5.02 Å². The van der Waals surface area contributed by atoms with Gasteiger partial charge in [0.15, 0.2) is 0 Å². The molecule has 0 aliphatic carbocycles. The standard InChI is InChI=1S/C27H22ClFN4O4/c1-30-26(34)22-15-21(10-11-24(22)29)37-20-8-5-17(6-9-20)32-27(35)33-18-7-12-25(23(28)14-18)36-16-19-4-2-3-13-31-19/h2-15H,16H2,1H3,(H,30,34)(H2,32,33,35). The largest absolute Gasteiger partial charge is 0.486 e. The van der Waals surface area contributed by atoms with Crippen molar-refractivity contribution < 1.29 is 23.5 Å². The highest BCUT2D eigenvalue weighted by atomic mass is 35.5. The number of nitrogens with zero attached hydrogens (tertiary/aromatic N) is 1. The van der Waals surface area contributed by atoms with Crippen LogP contribution in [0.1, 0.15) is 16.1 Å². The number of hydrogen-bond donors (Lipinski definition) is 3. The van der Waals surface area contributed by atoms with E-state index in [1.165, 1.54) is 19.2 Å². The minimum atomic E-state index is -0.648. The second-order valence-corrected chi connectivity index (χ2v) is 8.09. The molecule has 0 radical (unpaired) electrons. The Bertz CT molecular complexity index is 1400. The highest BCUT2D eigenvalue weighted by Gasteiger charge is 2.12. The molecular formula is C27H22ClFN4O4. The molecule has 0 spiro atoms. The SMILES string of the molecule is CNC(=O)c1cc(Oc2ccc(NC(=O)Nc3ccc(OCc4ccccn4)c(Cl)c3)cc2)ccc1F. The van der Waals surface area contributed by atoms with Gasteiger partial charge in [-0.1, -0.05) is 17.7 Å². The van der Waals surface area contributed by atoms with Crippen molar-refractivity contribution in [1.82, 2.24) is 10.3 Å². The minimum Gasteiger partial charge on any atom is -0.486 e. The Hall–Kier alpha value is -4.63. The summed E-state index contributed by atoms with van der Waals surface area (Å²) in [5.74, 6) is 0.000367. The Kier molecular flexibility index (Phi) is 8.17. The Morgan fingerprint density at radius 2 is 1.65 bits per heavy atom. The molecular weight excluding hydrogens is 499 g/mol. The van der Waals surface area contributed by atoms with Gasteiger partial charge >= 0.3 is 6.03 Å². The van der Waals surface area contributed by atoms with Gasteiger partial charge in [0, 0.05) is 24.6 Å². The molecule has 0 saturated heterocycles. The van der Waals surface area contributed by atoms with E-state index in [4.69, 9.17) is 21.1 Å². The van der Waals surface area contributed by atoms with Gasteiger partial charge in [-0.25, -0.2) is 9.18 Å². The lowest BCUT2D eigenvalue weighted by molar-refractivity contribution is 0.0958. The highest BCUT2D eigenvalue weighted by molar-refractivity contribution is 6.32. The van der Waals surface area contributed by atoms with Crippen LogP contribution in [-0.2, 0) is 6.61 Å². The fourth-order valence-corrected chi connectivity index (χ4v) is 3.48. The van der Waals surface area contributed by atoms with E-state index >= 15 is 0 Å². The molecule has 1 heterocycles. The summed E-state index contributed by atoms with van der Waals surface area (Å²) in [6.45, 7) is 0.268. The third kappa shape index (κ3) is 6.96. The lowest BCUT2D eigenvalue weighted by atomic mass is 10.2. The van der Waals surface area contributed by atoms with Crippen LogP contribution in [0.15, 0.2) is 85.1 Å². The van der Waals surface area contributed by atoms with Crippen LogP contribution >= 0.6 is 11.6 Å². The number of halogens is 2. The molecule has 0 aliphatic rings. The second-order valence-electron chi connectivity index (χ2n) is 7.68. The normalized spacial score (nSPS) is 10.4. The quantitative estimate of drug-likeness (QED) is 0.255. The van der Waals surface area contributed by atoms with E-state index in [-0.39, 0.29) is 12.2 Å². The first-order valence-electron chi connectivity index (χ1n) is 11.1. The lowest BCUT2D eigenvalue weighted by Crippen LogP contribution is -2.19. The minimum absolute atomic E-state index is 0.122. The number of carbonyl (C=O) groups excluding carboxylic acids is 2. The zero-order valence-corrected chi connectivity index (χ0v) is 20.4. The Morgan fingerprint density at radius 1 is 0.919 bits per heavy atom. The molecule has 3 N–H and O–H groups in total. The molecule has 4 rings (SSSR count). The third-order valence-electron chi connectivity index (χ3n) is 5.05. The van der Waals surface area contributed by atoms with Crippen LogP contribution in [0, 0.1) is 5.82 Å². The van der Waals surface area contributed by atoms with E-state index in [2.05, 4.69) is 20.9 Å². The highest BCUT2D eigenvalue weighted by Crippen LogP contribution is 2.29. The molecule has 0 bridgehead atoms. The summed E-state index contributed by atoms with van der Waals surface area (Å²) >= 11 is 6.29. The van der Waals surface area contributed by atoms with Gasteiger partial charge in [0.2, 0.25) is 0 Å². The smallest absolute Gasteiger partial charge is 0.323 e. The van der Waals surface area contributed by atoms with Crippen molar-refractivity contribution in [2.75, 3.05) is 17.7 Å². The van der Waals surface area contributed by atoms with Crippen LogP contribution in [0.25, 0.3) is 0 Å². The molecule has 1 aromatic heterocycles. The van der Waals surface area contributed by atoms with Crippen molar-refractivity contribution in [3.63, 3.8) is 0 Å². The van der Waals surface area contributed by atoms with E-state index in [1.54, 1.807) is 48.7 Å². The molecule has 0 unspecified atom stereocenters. The molecule has 188 valence electrons. The van der Waals surface area contributed by atoms with Crippen molar-refractivity contribution in [3.05, 3.63) is 107 Å². The fraction of sp³-hybridized carbons (Fsp3) is 0.0741. The van der Waals surface area contributed by atoms with E-state index in [0.29, 0.717) is 33.6 Å². The maximum atomic E-state index is 13.8. The maximum absolute atomic E-state index is 13.8. The van der Waals surface area contributed by atoms with Gasteiger partial charge < -0.3 is 25.4 Å². The molecule has 0 atom stereocenters. The first kappa shape index (κ1) is 25.5. The molecule has 0 fully saturated rings. The molecule has 4 aromatic rings. The van der Waals surface area contributed by atoms with Crippen molar-refractivity contribution >= 4 is 34.9 Å². The van der Waals surface area contributed by atoms with E-state index in [0.717, 1.165) is 11.8 Å². The molecule has 8 nitrogen and oxygen atoms in total. The van der Waals surface area contributed by atoms with Crippen molar-refractivity contribution in [3.8, 4) is 17.2 Å². The number of benzene rings is 3. The number of aromatic nitrogens is 1. The number of pyridine rings is 1. The molecule has 0 aliphatic heterocycles. The second kappa shape index (κ2) is 11.9. The Balaban J connectivity index is 1.31. The third-order valence-corrected chi connectivity index (χ3v) is 5.34.